The molecular weight excluding hydrogens is 304 g/mol. The summed E-state index contributed by atoms with van der Waals surface area (Å²) in [4.78, 5) is 12.5. The highest BCUT2D eigenvalue weighted by Crippen LogP contribution is 2.14. The van der Waals surface area contributed by atoms with E-state index in [0.29, 0.717) is 12.3 Å². The zero-order valence-electron chi connectivity index (χ0n) is 15.7. The number of nitrogens with one attached hydrogen (secondary N) is 1. The Labute approximate surface area is 145 Å². The Morgan fingerprint density at radius 1 is 1.12 bits per heavy atom. The van der Waals surface area contributed by atoms with Crippen LogP contribution in [-0.4, -0.2) is 37.3 Å². The van der Waals surface area contributed by atoms with Gasteiger partial charge in [0.05, 0.1) is 13.2 Å². The van der Waals surface area contributed by atoms with E-state index in [1.807, 2.05) is 45.0 Å². The molecule has 0 saturated carbocycles. The first kappa shape index (κ1) is 20.5. The van der Waals surface area contributed by atoms with Crippen molar-refractivity contribution >= 4 is 5.97 Å². The predicted octanol–water partition coefficient (Wildman–Crippen LogP) is 2.52. The van der Waals surface area contributed by atoms with Crippen molar-refractivity contribution in [3.05, 3.63) is 29.8 Å². The molecule has 0 aliphatic rings. The van der Waals surface area contributed by atoms with Gasteiger partial charge in [-0.1, -0.05) is 26.0 Å². The van der Waals surface area contributed by atoms with E-state index < -0.39 is 6.04 Å². The van der Waals surface area contributed by atoms with Gasteiger partial charge in [0.1, 0.15) is 11.8 Å². The standard InChI is InChI=1S/C19H32N2O3/c1-12(2)18(20)14(5)21-17(19(22)24-13(3)4)11-15-7-9-16(23-6)10-8-15/h7-10,12-14,17-18,21H,11,20H2,1-6H3. The average Bonchev–Trinajstić information content (AvgIpc) is 2.53. The van der Waals surface area contributed by atoms with E-state index in [1.165, 1.54) is 0 Å². The third-order valence-electron chi connectivity index (χ3n) is 4.05. The zero-order chi connectivity index (χ0) is 18.3. The molecule has 24 heavy (non-hydrogen) atoms. The number of benzene rings is 1. The number of ether oxygens (including phenoxy) is 2. The van der Waals surface area contributed by atoms with E-state index in [4.69, 9.17) is 15.2 Å². The Balaban J connectivity index is 2.85. The van der Waals surface area contributed by atoms with Gasteiger partial charge < -0.3 is 20.5 Å². The lowest BCUT2D eigenvalue weighted by Gasteiger charge is -2.29. The van der Waals surface area contributed by atoms with Crippen molar-refractivity contribution in [3.8, 4) is 5.75 Å². The summed E-state index contributed by atoms with van der Waals surface area (Å²) in [5.74, 6) is 0.877. The van der Waals surface area contributed by atoms with Crippen LogP contribution in [0.15, 0.2) is 24.3 Å². The van der Waals surface area contributed by atoms with Crippen molar-refractivity contribution in [1.29, 1.82) is 0 Å². The summed E-state index contributed by atoms with van der Waals surface area (Å²) < 4.78 is 10.6. The minimum absolute atomic E-state index is 0.00737. The molecule has 0 aliphatic carbocycles. The van der Waals surface area contributed by atoms with E-state index in [0.717, 1.165) is 11.3 Å². The summed E-state index contributed by atoms with van der Waals surface area (Å²) in [5, 5.41) is 3.35. The largest absolute Gasteiger partial charge is 0.497 e. The Bertz CT molecular complexity index is 500. The highest BCUT2D eigenvalue weighted by Gasteiger charge is 2.26. The Morgan fingerprint density at radius 3 is 2.17 bits per heavy atom. The van der Waals surface area contributed by atoms with Gasteiger partial charge in [-0.05, 0) is 50.8 Å². The normalized spacial score (nSPS) is 15.2. The number of carbonyl (C=O) groups excluding carboxylic acids is 1. The molecule has 136 valence electrons. The van der Waals surface area contributed by atoms with E-state index in [2.05, 4.69) is 19.2 Å². The summed E-state index contributed by atoms with van der Waals surface area (Å²) in [6, 6.07) is 7.25. The summed E-state index contributed by atoms with van der Waals surface area (Å²) in [5.41, 5.74) is 7.25. The smallest absolute Gasteiger partial charge is 0.323 e. The molecule has 5 heteroatoms. The fourth-order valence-electron chi connectivity index (χ4n) is 2.53. The first-order chi connectivity index (χ1) is 11.2. The van der Waals surface area contributed by atoms with Crippen molar-refractivity contribution in [2.24, 2.45) is 11.7 Å². The van der Waals surface area contributed by atoms with E-state index in [9.17, 15) is 4.79 Å². The van der Waals surface area contributed by atoms with E-state index in [-0.39, 0.29) is 24.2 Å². The summed E-state index contributed by atoms with van der Waals surface area (Å²) in [7, 11) is 1.63. The molecule has 3 atom stereocenters. The third-order valence-corrected chi connectivity index (χ3v) is 4.05. The van der Waals surface area contributed by atoms with Crippen LogP contribution < -0.4 is 15.8 Å². The van der Waals surface area contributed by atoms with Crippen LogP contribution in [0.3, 0.4) is 0 Å². The lowest BCUT2D eigenvalue weighted by atomic mass is 9.97. The first-order valence-corrected chi connectivity index (χ1v) is 8.59. The molecule has 0 heterocycles. The molecular formula is C19H32N2O3. The third kappa shape index (κ3) is 6.49. The summed E-state index contributed by atoms with van der Waals surface area (Å²) >= 11 is 0. The summed E-state index contributed by atoms with van der Waals surface area (Å²) in [6.07, 6.45) is 0.400. The van der Waals surface area contributed by atoms with Gasteiger partial charge in [0, 0.05) is 12.1 Å². The molecule has 0 spiro atoms. The van der Waals surface area contributed by atoms with Gasteiger partial charge in [-0.2, -0.15) is 0 Å². The van der Waals surface area contributed by atoms with Crippen molar-refractivity contribution < 1.29 is 14.3 Å². The maximum atomic E-state index is 12.5. The molecule has 1 aromatic rings. The maximum Gasteiger partial charge on any atom is 0.323 e. The number of hydrogen-bond acceptors (Lipinski definition) is 5. The molecule has 1 aromatic carbocycles. The second-order valence-corrected chi connectivity index (χ2v) is 6.87. The minimum atomic E-state index is -0.430. The van der Waals surface area contributed by atoms with E-state index in [1.54, 1.807) is 7.11 Å². The topological polar surface area (TPSA) is 73.6 Å². The Morgan fingerprint density at radius 2 is 1.71 bits per heavy atom. The Hall–Kier alpha value is -1.59. The minimum Gasteiger partial charge on any atom is -0.497 e. The second kappa shape index (κ2) is 9.64. The molecule has 0 bridgehead atoms. The molecule has 0 saturated heterocycles. The Kier molecular flexibility index (Phi) is 8.22. The van der Waals surface area contributed by atoms with Crippen LogP contribution >= 0.6 is 0 Å². The first-order valence-electron chi connectivity index (χ1n) is 8.59. The van der Waals surface area contributed by atoms with Crippen LogP contribution in [0.25, 0.3) is 0 Å². The fraction of sp³-hybridized carbons (Fsp3) is 0.632. The van der Waals surface area contributed by atoms with Crippen molar-refractivity contribution in [2.45, 2.75) is 65.3 Å². The van der Waals surface area contributed by atoms with Gasteiger partial charge in [0.25, 0.3) is 0 Å². The maximum absolute atomic E-state index is 12.5. The summed E-state index contributed by atoms with van der Waals surface area (Å²) in [6.45, 7) is 9.87. The van der Waals surface area contributed by atoms with Crippen molar-refractivity contribution in [3.63, 3.8) is 0 Å². The molecule has 0 fully saturated rings. The number of rotatable bonds is 9. The van der Waals surface area contributed by atoms with Gasteiger partial charge in [0.2, 0.25) is 0 Å². The number of hydrogen-bond donors (Lipinski definition) is 2. The van der Waals surface area contributed by atoms with Gasteiger partial charge in [-0.15, -0.1) is 0 Å². The van der Waals surface area contributed by atoms with Crippen LogP contribution in [0.2, 0.25) is 0 Å². The quantitative estimate of drug-likeness (QED) is 0.678. The van der Waals surface area contributed by atoms with E-state index >= 15 is 0 Å². The molecule has 0 aliphatic heterocycles. The van der Waals surface area contributed by atoms with Crippen LogP contribution in [0.4, 0.5) is 0 Å². The van der Waals surface area contributed by atoms with Gasteiger partial charge >= 0.3 is 5.97 Å². The number of nitrogens with two attached hydrogens (primary N) is 1. The van der Waals surface area contributed by atoms with Gasteiger partial charge in [0.15, 0.2) is 0 Å². The van der Waals surface area contributed by atoms with Gasteiger partial charge in [-0.25, -0.2) is 0 Å². The van der Waals surface area contributed by atoms with Crippen LogP contribution in [0.1, 0.15) is 40.2 Å². The number of esters is 1. The molecule has 3 unspecified atom stereocenters. The zero-order valence-corrected chi connectivity index (χ0v) is 15.7. The average molecular weight is 336 g/mol. The molecule has 5 nitrogen and oxygen atoms in total. The fourth-order valence-corrected chi connectivity index (χ4v) is 2.53. The van der Waals surface area contributed by atoms with Crippen molar-refractivity contribution in [2.75, 3.05) is 7.11 Å². The van der Waals surface area contributed by atoms with Gasteiger partial charge in [-0.3, -0.25) is 4.79 Å². The van der Waals surface area contributed by atoms with Crippen LogP contribution in [0, 0.1) is 5.92 Å². The predicted molar refractivity (Wildman–Crippen MR) is 97.1 cm³/mol. The second-order valence-electron chi connectivity index (χ2n) is 6.87. The van der Waals surface area contributed by atoms with Crippen LogP contribution in [-0.2, 0) is 16.0 Å². The lowest BCUT2D eigenvalue weighted by molar-refractivity contribution is -0.150. The van der Waals surface area contributed by atoms with Crippen LogP contribution in [0.5, 0.6) is 5.75 Å². The van der Waals surface area contributed by atoms with Crippen molar-refractivity contribution in [1.82, 2.24) is 5.32 Å². The molecule has 3 N–H and O–H groups in total. The molecule has 0 amide bonds. The molecule has 0 aromatic heterocycles. The lowest BCUT2D eigenvalue weighted by Crippen LogP contribution is -2.53. The highest BCUT2D eigenvalue weighted by atomic mass is 16.5. The number of methoxy groups -OCH3 is 1. The highest BCUT2D eigenvalue weighted by molar-refractivity contribution is 5.76. The number of carbonyl (C=O) groups is 1. The monoisotopic (exact) mass is 336 g/mol. The molecule has 1 rings (SSSR count). The SMILES string of the molecule is COc1ccc(CC(NC(C)C(N)C(C)C)C(=O)OC(C)C)cc1. The molecule has 0 radical (unpaired) electrons.